The van der Waals surface area contributed by atoms with E-state index in [9.17, 15) is 14.0 Å². The van der Waals surface area contributed by atoms with Crippen LogP contribution in [0.2, 0.25) is 0 Å². The van der Waals surface area contributed by atoms with E-state index < -0.39 is 23.8 Å². The molecule has 2 amide bonds. The number of amides is 2. The molecule has 4 rings (SSSR count). The lowest BCUT2D eigenvalue weighted by molar-refractivity contribution is -0.123. The van der Waals surface area contributed by atoms with Crippen molar-refractivity contribution in [1.82, 2.24) is 5.01 Å². The van der Waals surface area contributed by atoms with E-state index in [1.807, 2.05) is 12.1 Å². The molecule has 0 bridgehead atoms. The smallest absolute Gasteiger partial charge is 0.263 e. The molecule has 0 saturated carbocycles. The molecule has 2 aromatic carbocycles. The Morgan fingerprint density at radius 1 is 1.00 bits per heavy atom. The number of hydrogen-bond acceptors (Lipinski definition) is 5. The van der Waals surface area contributed by atoms with E-state index >= 15 is 0 Å². The Morgan fingerprint density at radius 2 is 1.67 bits per heavy atom. The number of fused-ring (bicyclic) bond motifs is 1. The largest absolute Gasteiger partial charge is 0.271 e. The minimum atomic E-state index is -0.850. The van der Waals surface area contributed by atoms with Crippen LogP contribution >= 0.6 is 0 Å². The van der Waals surface area contributed by atoms with Gasteiger partial charge in [-0.2, -0.15) is 5.11 Å². The number of imide groups is 1. The van der Waals surface area contributed by atoms with Gasteiger partial charge in [-0.3, -0.25) is 14.6 Å². The Kier molecular flexibility index (Phi) is 4.22. The van der Waals surface area contributed by atoms with Crippen molar-refractivity contribution in [2.75, 3.05) is 4.90 Å². The highest BCUT2D eigenvalue weighted by molar-refractivity contribution is 6.25. The van der Waals surface area contributed by atoms with Gasteiger partial charge in [0.15, 0.2) is 12.1 Å². The fourth-order valence-electron chi connectivity index (χ4n) is 3.39. The van der Waals surface area contributed by atoms with Gasteiger partial charge in [0.05, 0.1) is 12.2 Å². The van der Waals surface area contributed by atoms with Gasteiger partial charge >= 0.3 is 0 Å². The molecular formula is C20H19FN4O2. The van der Waals surface area contributed by atoms with Crippen LogP contribution in [-0.2, 0) is 16.1 Å². The summed E-state index contributed by atoms with van der Waals surface area (Å²) < 4.78 is 13.2. The maximum atomic E-state index is 13.2. The molecule has 2 unspecified atom stereocenters. The van der Waals surface area contributed by atoms with Crippen LogP contribution in [0.5, 0.6) is 0 Å². The van der Waals surface area contributed by atoms with Crippen LogP contribution in [0.3, 0.4) is 0 Å². The molecule has 6 nitrogen and oxygen atoms in total. The van der Waals surface area contributed by atoms with Crippen LogP contribution < -0.4 is 4.90 Å². The third-order valence-electron chi connectivity index (χ3n) is 4.93. The Bertz CT molecular complexity index is 909. The van der Waals surface area contributed by atoms with Crippen molar-refractivity contribution < 1.29 is 14.0 Å². The first kappa shape index (κ1) is 17.3. The van der Waals surface area contributed by atoms with Gasteiger partial charge in [0.1, 0.15) is 5.82 Å². The molecule has 1 saturated heterocycles. The first-order valence-corrected chi connectivity index (χ1v) is 8.85. The third-order valence-corrected chi connectivity index (χ3v) is 4.93. The number of hydrogen-bond donors (Lipinski definition) is 0. The summed E-state index contributed by atoms with van der Waals surface area (Å²) in [4.78, 5) is 26.6. The molecular weight excluding hydrogens is 347 g/mol. The number of carbonyl (C=O) groups is 2. The van der Waals surface area contributed by atoms with E-state index in [0.29, 0.717) is 18.2 Å². The molecule has 0 spiro atoms. The van der Waals surface area contributed by atoms with Gasteiger partial charge in [-0.15, -0.1) is 0 Å². The summed E-state index contributed by atoms with van der Waals surface area (Å²) >= 11 is 0. The van der Waals surface area contributed by atoms with E-state index in [4.69, 9.17) is 0 Å². The molecule has 2 aliphatic heterocycles. The van der Waals surface area contributed by atoms with E-state index in [-0.39, 0.29) is 5.91 Å². The molecule has 0 aliphatic carbocycles. The zero-order valence-electron chi connectivity index (χ0n) is 15.0. The molecule has 0 aromatic heterocycles. The van der Waals surface area contributed by atoms with Crippen LogP contribution in [0.25, 0.3) is 0 Å². The molecule has 2 atom stereocenters. The third kappa shape index (κ3) is 2.99. The predicted octanol–water partition coefficient (Wildman–Crippen LogP) is 3.44. The zero-order valence-corrected chi connectivity index (χ0v) is 15.0. The highest BCUT2D eigenvalue weighted by Gasteiger charge is 2.54. The van der Waals surface area contributed by atoms with Gasteiger partial charge < -0.3 is 0 Å². The fourth-order valence-corrected chi connectivity index (χ4v) is 3.39. The summed E-state index contributed by atoms with van der Waals surface area (Å²) in [6, 6.07) is 11.8. The average molecular weight is 366 g/mol. The lowest BCUT2D eigenvalue weighted by Crippen LogP contribution is -2.39. The maximum absolute atomic E-state index is 13.2. The van der Waals surface area contributed by atoms with Crippen LogP contribution in [0.1, 0.15) is 30.9 Å². The zero-order chi connectivity index (χ0) is 19.1. The van der Waals surface area contributed by atoms with Crippen LogP contribution in [-0.4, -0.2) is 28.9 Å². The highest BCUT2D eigenvalue weighted by atomic mass is 19.1. The number of nitrogens with zero attached hydrogens (tertiary/aromatic N) is 4. The van der Waals surface area contributed by atoms with Gasteiger partial charge in [0.2, 0.25) is 0 Å². The Balaban J connectivity index is 1.55. The van der Waals surface area contributed by atoms with E-state index in [0.717, 1.165) is 10.5 Å². The lowest BCUT2D eigenvalue weighted by atomic mass is 10.0. The Hall–Kier alpha value is -3.09. The summed E-state index contributed by atoms with van der Waals surface area (Å²) in [5, 5.41) is 9.61. The monoisotopic (exact) mass is 366 g/mol. The number of rotatable bonds is 4. The molecule has 0 radical (unpaired) electrons. The Labute approximate surface area is 156 Å². The first-order valence-electron chi connectivity index (χ1n) is 8.85. The minimum absolute atomic E-state index is 0.345. The molecule has 0 N–H and O–H groups in total. The van der Waals surface area contributed by atoms with Gasteiger partial charge in [-0.25, -0.2) is 9.29 Å². The summed E-state index contributed by atoms with van der Waals surface area (Å²) in [5.41, 5.74) is 2.56. The lowest BCUT2D eigenvalue weighted by Gasteiger charge is -2.21. The number of anilines is 1. The minimum Gasteiger partial charge on any atom is -0.271 e. The van der Waals surface area contributed by atoms with Crippen molar-refractivity contribution in [1.29, 1.82) is 0 Å². The average Bonchev–Trinajstić information content (AvgIpc) is 3.17. The number of benzene rings is 2. The highest BCUT2D eigenvalue weighted by Crippen LogP contribution is 2.32. The van der Waals surface area contributed by atoms with Crippen molar-refractivity contribution in [2.24, 2.45) is 10.3 Å². The summed E-state index contributed by atoms with van der Waals surface area (Å²) in [5.74, 6) is -0.809. The van der Waals surface area contributed by atoms with Crippen LogP contribution in [0.15, 0.2) is 58.9 Å². The van der Waals surface area contributed by atoms with Crippen molar-refractivity contribution in [3.05, 3.63) is 65.5 Å². The van der Waals surface area contributed by atoms with Crippen LogP contribution in [0.4, 0.5) is 10.1 Å². The maximum Gasteiger partial charge on any atom is 0.263 e. The van der Waals surface area contributed by atoms with Gasteiger partial charge in [-0.1, -0.05) is 43.3 Å². The normalized spacial score (nSPS) is 21.5. The van der Waals surface area contributed by atoms with E-state index in [2.05, 4.69) is 36.3 Å². The summed E-state index contributed by atoms with van der Waals surface area (Å²) in [7, 11) is 0. The predicted molar refractivity (Wildman–Crippen MR) is 97.4 cm³/mol. The van der Waals surface area contributed by atoms with E-state index in [1.54, 1.807) is 5.01 Å². The Morgan fingerprint density at radius 3 is 2.30 bits per heavy atom. The van der Waals surface area contributed by atoms with Crippen molar-refractivity contribution >= 4 is 17.5 Å². The van der Waals surface area contributed by atoms with Gasteiger partial charge in [0, 0.05) is 0 Å². The standard InChI is InChI=1S/C20H19FN4O2/c1-12(2)14-5-3-13(4-6-14)11-24-18-17(22-23-24)19(26)25(20(18)27)16-9-7-15(21)8-10-16/h3-10,12,17-18H,11H2,1-2H3. The molecule has 2 aliphatic rings. The molecule has 138 valence electrons. The first-order chi connectivity index (χ1) is 13.0. The SMILES string of the molecule is CC(C)c1ccc(CN2N=NC3C(=O)N(c4ccc(F)cc4)C(=O)C32)cc1. The summed E-state index contributed by atoms with van der Waals surface area (Å²) in [6.45, 7) is 4.64. The van der Waals surface area contributed by atoms with Crippen molar-refractivity contribution in [3.63, 3.8) is 0 Å². The quantitative estimate of drug-likeness (QED) is 0.779. The van der Waals surface area contributed by atoms with Gasteiger partial charge in [0.25, 0.3) is 11.8 Å². The molecule has 1 fully saturated rings. The van der Waals surface area contributed by atoms with Crippen molar-refractivity contribution in [3.8, 4) is 0 Å². The summed E-state index contributed by atoms with van der Waals surface area (Å²) in [6.07, 6.45) is 0. The number of halogens is 1. The van der Waals surface area contributed by atoms with Crippen molar-refractivity contribution in [2.45, 2.75) is 38.4 Å². The second-order valence-corrected chi connectivity index (χ2v) is 7.08. The van der Waals surface area contributed by atoms with Gasteiger partial charge in [-0.05, 0) is 41.3 Å². The van der Waals surface area contributed by atoms with E-state index in [1.165, 1.54) is 29.8 Å². The topological polar surface area (TPSA) is 65.3 Å². The second kappa shape index (κ2) is 6.57. The molecule has 2 heterocycles. The number of carbonyl (C=O) groups excluding carboxylic acids is 2. The molecule has 27 heavy (non-hydrogen) atoms. The second-order valence-electron chi connectivity index (χ2n) is 7.08. The molecule has 7 heteroatoms. The molecule has 2 aromatic rings. The fraction of sp³-hybridized carbons (Fsp3) is 0.300. The van der Waals surface area contributed by atoms with Crippen LogP contribution in [0, 0.1) is 5.82 Å².